The molecule has 110 valence electrons. The Morgan fingerprint density at radius 1 is 1.20 bits per heavy atom. The van der Waals surface area contributed by atoms with Crippen molar-refractivity contribution in [1.82, 2.24) is 15.2 Å². The van der Waals surface area contributed by atoms with Crippen LogP contribution in [0, 0.1) is 0 Å². The molecular formula is C15H23N3O2. The van der Waals surface area contributed by atoms with Crippen LogP contribution in [0.1, 0.15) is 38.8 Å². The highest BCUT2D eigenvalue weighted by atomic mass is 16.2. The fourth-order valence-electron chi connectivity index (χ4n) is 1.83. The van der Waals surface area contributed by atoms with Gasteiger partial charge >= 0.3 is 11.8 Å². The highest BCUT2D eigenvalue weighted by Gasteiger charge is 2.20. The summed E-state index contributed by atoms with van der Waals surface area (Å²) in [6.45, 7) is 5.60. The average molecular weight is 277 g/mol. The summed E-state index contributed by atoms with van der Waals surface area (Å²) in [5, 5.41) is 2.62. The lowest BCUT2D eigenvalue weighted by Crippen LogP contribution is -2.43. The lowest BCUT2D eigenvalue weighted by atomic mass is 10.3. The second kappa shape index (κ2) is 9.07. The minimum Gasteiger partial charge on any atom is -0.342 e. The first-order valence-electron chi connectivity index (χ1n) is 7.16. The zero-order chi connectivity index (χ0) is 14.8. The SMILES string of the molecule is CCCCN(CCC)C(=O)C(=O)NCc1ccccn1. The van der Waals surface area contributed by atoms with Gasteiger partial charge in [0.15, 0.2) is 0 Å². The third-order valence-corrected chi connectivity index (χ3v) is 2.91. The monoisotopic (exact) mass is 277 g/mol. The van der Waals surface area contributed by atoms with E-state index in [1.165, 1.54) is 0 Å². The van der Waals surface area contributed by atoms with Crippen molar-refractivity contribution < 1.29 is 9.59 Å². The third kappa shape index (κ3) is 5.38. The number of carbonyl (C=O) groups is 2. The van der Waals surface area contributed by atoms with Gasteiger partial charge in [-0.3, -0.25) is 14.6 Å². The molecule has 0 radical (unpaired) electrons. The van der Waals surface area contributed by atoms with Crippen molar-refractivity contribution in [3.05, 3.63) is 30.1 Å². The van der Waals surface area contributed by atoms with Crippen molar-refractivity contribution in [2.45, 2.75) is 39.7 Å². The maximum Gasteiger partial charge on any atom is 0.311 e. The van der Waals surface area contributed by atoms with Crippen molar-refractivity contribution in [2.24, 2.45) is 0 Å². The first-order valence-corrected chi connectivity index (χ1v) is 7.16. The summed E-state index contributed by atoms with van der Waals surface area (Å²) in [5.41, 5.74) is 0.740. The maximum absolute atomic E-state index is 12.1. The van der Waals surface area contributed by atoms with Gasteiger partial charge in [0.1, 0.15) is 0 Å². The average Bonchev–Trinajstić information content (AvgIpc) is 2.49. The maximum atomic E-state index is 12.1. The summed E-state index contributed by atoms with van der Waals surface area (Å²) >= 11 is 0. The molecule has 1 aromatic heterocycles. The Hall–Kier alpha value is -1.91. The van der Waals surface area contributed by atoms with Crippen molar-refractivity contribution in [3.8, 4) is 0 Å². The molecule has 1 rings (SSSR count). The number of pyridine rings is 1. The Morgan fingerprint density at radius 3 is 2.60 bits per heavy atom. The van der Waals surface area contributed by atoms with Crippen molar-refractivity contribution in [1.29, 1.82) is 0 Å². The van der Waals surface area contributed by atoms with Gasteiger partial charge in [0.2, 0.25) is 0 Å². The van der Waals surface area contributed by atoms with E-state index in [9.17, 15) is 9.59 Å². The fraction of sp³-hybridized carbons (Fsp3) is 0.533. The molecule has 1 aromatic rings. The Kier molecular flexibility index (Phi) is 7.32. The molecule has 0 aromatic carbocycles. The van der Waals surface area contributed by atoms with E-state index in [1.807, 2.05) is 25.1 Å². The van der Waals surface area contributed by atoms with E-state index in [0.717, 1.165) is 25.0 Å². The van der Waals surface area contributed by atoms with Gasteiger partial charge in [0, 0.05) is 19.3 Å². The summed E-state index contributed by atoms with van der Waals surface area (Å²) in [4.78, 5) is 29.6. The lowest BCUT2D eigenvalue weighted by molar-refractivity contribution is -0.146. The highest BCUT2D eigenvalue weighted by Crippen LogP contribution is 1.99. The number of rotatable bonds is 7. The van der Waals surface area contributed by atoms with Crippen LogP contribution in [0.2, 0.25) is 0 Å². The Morgan fingerprint density at radius 2 is 2.00 bits per heavy atom. The van der Waals surface area contributed by atoms with Crippen molar-refractivity contribution in [3.63, 3.8) is 0 Å². The largest absolute Gasteiger partial charge is 0.342 e. The van der Waals surface area contributed by atoms with Gasteiger partial charge < -0.3 is 10.2 Å². The minimum absolute atomic E-state index is 0.277. The molecule has 1 heterocycles. The second-order valence-corrected chi connectivity index (χ2v) is 4.65. The molecule has 5 heteroatoms. The molecule has 5 nitrogen and oxygen atoms in total. The molecule has 0 saturated carbocycles. The van der Waals surface area contributed by atoms with Crippen LogP contribution in [0.4, 0.5) is 0 Å². The number of hydrogen-bond acceptors (Lipinski definition) is 3. The Bertz CT molecular complexity index is 420. The third-order valence-electron chi connectivity index (χ3n) is 2.91. The standard InChI is InChI=1S/C15H23N3O2/c1-3-5-11-18(10-4-2)15(20)14(19)17-12-13-8-6-7-9-16-13/h6-9H,3-5,10-12H2,1-2H3,(H,17,19). The number of amides is 2. The zero-order valence-corrected chi connectivity index (χ0v) is 12.3. The number of aromatic nitrogens is 1. The van der Waals surface area contributed by atoms with Crippen LogP contribution in [0.5, 0.6) is 0 Å². The van der Waals surface area contributed by atoms with Crippen LogP contribution >= 0.6 is 0 Å². The molecule has 0 saturated heterocycles. The van der Waals surface area contributed by atoms with Gasteiger partial charge in [-0.2, -0.15) is 0 Å². The van der Waals surface area contributed by atoms with E-state index in [4.69, 9.17) is 0 Å². The van der Waals surface area contributed by atoms with E-state index in [-0.39, 0.29) is 6.54 Å². The lowest BCUT2D eigenvalue weighted by Gasteiger charge is -2.21. The molecular weight excluding hydrogens is 254 g/mol. The quantitative estimate of drug-likeness (QED) is 0.772. The van der Waals surface area contributed by atoms with Crippen LogP contribution < -0.4 is 5.32 Å². The van der Waals surface area contributed by atoms with Crippen molar-refractivity contribution in [2.75, 3.05) is 13.1 Å². The van der Waals surface area contributed by atoms with E-state index >= 15 is 0 Å². The van der Waals surface area contributed by atoms with E-state index in [2.05, 4.69) is 17.2 Å². The summed E-state index contributed by atoms with van der Waals surface area (Å²) in [6, 6.07) is 5.47. The molecule has 0 fully saturated rings. The minimum atomic E-state index is -0.555. The first-order chi connectivity index (χ1) is 9.69. The van der Waals surface area contributed by atoms with E-state index in [0.29, 0.717) is 13.1 Å². The molecule has 0 unspecified atom stereocenters. The fourth-order valence-corrected chi connectivity index (χ4v) is 1.83. The van der Waals surface area contributed by atoms with Crippen LogP contribution in [-0.4, -0.2) is 34.8 Å². The van der Waals surface area contributed by atoms with Gasteiger partial charge in [0.25, 0.3) is 0 Å². The molecule has 0 spiro atoms. The predicted molar refractivity (Wildman–Crippen MR) is 77.9 cm³/mol. The van der Waals surface area contributed by atoms with Gasteiger partial charge in [-0.25, -0.2) is 0 Å². The van der Waals surface area contributed by atoms with Crippen LogP contribution in [-0.2, 0) is 16.1 Å². The Balaban J connectivity index is 2.49. The van der Waals surface area contributed by atoms with E-state index in [1.54, 1.807) is 11.1 Å². The number of carbonyl (C=O) groups excluding carboxylic acids is 2. The van der Waals surface area contributed by atoms with Gasteiger partial charge in [-0.05, 0) is 25.0 Å². The predicted octanol–water partition coefficient (Wildman–Crippen LogP) is 1.74. The molecule has 0 aliphatic heterocycles. The molecule has 1 N–H and O–H groups in total. The smallest absolute Gasteiger partial charge is 0.311 e. The van der Waals surface area contributed by atoms with Gasteiger partial charge in [0.05, 0.1) is 12.2 Å². The number of unbranched alkanes of at least 4 members (excludes halogenated alkanes) is 1. The van der Waals surface area contributed by atoms with Crippen LogP contribution in [0.15, 0.2) is 24.4 Å². The number of nitrogens with one attached hydrogen (secondary N) is 1. The summed E-state index contributed by atoms with van der Waals surface area (Å²) in [6.07, 6.45) is 4.43. The topological polar surface area (TPSA) is 62.3 Å². The van der Waals surface area contributed by atoms with Crippen LogP contribution in [0.3, 0.4) is 0 Å². The molecule has 0 atom stereocenters. The van der Waals surface area contributed by atoms with Crippen molar-refractivity contribution >= 4 is 11.8 Å². The van der Waals surface area contributed by atoms with Gasteiger partial charge in [-0.1, -0.05) is 26.3 Å². The first kappa shape index (κ1) is 16.1. The summed E-state index contributed by atoms with van der Waals surface area (Å²) in [7, 11) is 0. The van der Waals surface area contributed by atoms with Gasteiger partial charge in [-0.15, -0.1) is 0 Å². The molecule has 0 aliphatic carbocycles. The molecule has 0 bridgehead atoms. The molecule has 2 amide bonds. The van der Waals surface area contributed by atoms with Crippen LogP contribution in [0.25, 0.3) is 0 Å². The number of hydrogen-bond donors (Lipinski definition) is 1. The van der Waals surface area contributed by atoms with E-state index < -0.39 is 11.8 Å². The summed E-state index contributed by atoms with van der Waals surface area (Å²) < 4.78 is 0. The molecule has 0 aliphatic rings. The molecule has 20 heavy (non-hydrogen) atoms. The number of nitrogens with zero attached hydrogens (tertiary/aromatic N) is 2. The highest BCUT2D eigenvalue weighted by molar-refractivity contribution is 6.34. The zero-order valence-electron chi connectivity index (χ0n) is 12.3. The summed E-state index contributed by atoms with van der Waals surface area (Å²) in [5.74, 6) is -1.00. The second-order valence-electron chi connectivity index (χ2n) is 4.65. The Labute approximate surface area is 120 Å². The normalized spacial score (nSPS) is 10.1.